The molecule has 0 radical (unpaired) electrons. The fourth-order valence-corrected chi connectivity index (χ4v) is 4.57. The number of aromatic nitrogens is 2. The minimum Gasteiger partial charge on any atom is -0.379 e. The van der Waals surface area contributed by atoms with E-state index >= 15 is 0 Å². The Morgan fingerprint density at radius 2 is 1.82 bits per heavy atom. The maximum Gasteiger partial charge on any atom is 0.191 e. The summed E-state index contributed by atoms with van der Waals surface area (Å²) >= 11 is 0. The molecule has 2 N–H and O–H groups in total. The van der Waals surface area contributed by atoms with Gasteiger partial charge < -0.3 is 15.4 Å². The van der Waals surface area contributed by atoms with Crippen LogP contribution in [0.3, 0.4) is 0 Å². The van der Waals surface area contributed by atoms with Crippen LogP contribution in [0.4, 0.5) is 0 Å². The fourth-order valence-electron chi connectivity index (χ4n) is 4.57. The molecule has 2 heterocycles. The molecule has 2 aliphatic rings. The van der Waals surface area contributed by atoms with Gasteiger partial charge in [-0.15, -0.1) is 24.0 Å². The highest BCUT2D eigenvalue weighted by Gasteiger charge is 2.38. The summed E-state index contributed by atoms with van der Waals surface area (Å²) in [7, 11) is 3.84. The number of guanidine groups is 1. The van der Waals surface area contributed by atoms with Gasteiger partial charge in [-0.3, -0.25) is 14.6 Å². The predicted octanol–water partition coefficient (Wildman–Crippen LogP) is 2.36. The molecule has 1 saturated heterocycles. The van der Waals surface area contributed by atoms with Gasteiger partial charge in [0.15, 0.2) is 5.96 Å². The molecule has 7 nitrogen and oxygen atoms in total. The molecular formula is C20H37IN6O. The second kappa shape index (κ2) is 10.8. The van der Waals surface area contributed by atoms with Gasteiger partial charge in [-0.05, 0) is 26.7 Å². The van der Waals surface area contributed by atoms with Gasteiger partial charge in [0, 0.05) is 57.1 Å². The van der Waals surface area contributed by atoms with E-state index in [4.69, 9.17) is 4.74 Å². The molecule has 1 aliphatic heterocycles. The van der Waals surface area contributed by atoms with Crippen LogP contribution in [-0.4, -0.2) is 66.1 Å². The van der Waals surface area contributed by atoms with E-state index in [9.17, 15) is 0 Å². The third-order valence-electron chi connectivity index (χ3n) is 6.37. The third-order valence-corrected chi connectivity index (χ3v) is 6.37. The summed E-state index contributed by atoms with van der Waals surface area (Å²) in [6.07, 6.45) is 6.52. The van der Waals surface area contributed by atoms with Crippen LogP contribution >= 0.6 is 24.0 Å². The average Bonchev–Trinajstić information content (AvgIpc) is 2.95. The number of aliphatic imine (C=N–C) groups is 1. The van der Waals surface area contributed by atoms with Crippen LogP contribution in [0, 0.1) is 13.8 Å². The van der Waals surface area contributed by atoms with Crippen molar-refractivity contribution in [1.29, 1.82) is 0 Å². The lowest BCUT2D eigenvalue weighted by atomic mass is 9.80. The highest BCUT2D eigenvalue weighted by molar-refractivity contribution is 14.0. The van der Waals surface area contributed by atoms with Gasteiger partial charge in [0.25, 0.3) is 0 Å². The number of aryl methyl sites for hydroxylation is 2. The van der Waals surface area contributed by atoms with Crippen LogP contribution in [0.15, 0.2) is 4.99 Å². The summed E-state index contributed by atoms with van der Waals surface area (Å²) in [5.41, 5.74) is 3.77. The summed E-state index contributed by atoms with van der Waals surface area (Å²) in [6, 6.07) is 0. The number of rotatable bonds is 5. The molecule has 1 aliphatic carbocycles. The first-order valence-electron chi connectivity index (χ1n) is 10.3. The van der Waals surface area contributed by atoms with Crippen molar-refractivity contribution in [3.63, 3.8) is 0 Å². The van der Waals surface area contributed by atoms with E-state index < -0.39 is 0 Å². The SMILES string of the molecule is CN=C(NCc1c(C)nn(C)c1C)NCC1(N2CCOCC2)CCCCC1.I. The molecule has 1 aromatic rings. The zero-order valence-electron chi connectivity index (χ0n) is 17.9. The van der Waals surface area contributed by atoms with Crippen LogP contribution in [0.25, 0.3) is 0 Å². The molecule has 0 bridgehead atoms. The van der Waals surface area contributed by atoms with Crippen molar-refractivity contribution in [3.8, 4) is 0 Å². The highest BCUT2D eigenvalue weighted by Crippen LogP contribution is 2.33. The number of nitrogens with zero attached hydrogens (tertiary/aromatic N) is 4. The monoisotopic (exact) mass is 504 g/mol. The van der Waals surface area contributed by atoms with Crippen LogP contribution in [0.2, 0.25) is 0 Å². The van der Waals surface area contributed by atoms with Gasteiger partial charge >= 0.3 is 0 Å². The molecule has 1 aromatic heterocycles. The van der Waals surface area contributed by atoms with E-state index in [1.54, 1.807) is 0 Å². The number of nitrogens with one attached hydrogen (secondary N) is 2. The summed E-state index contributed by atoms with van der Waals surface area (Å²) in [5.74, 6) is 0.871. The molecule has 1 saturated carbocycles. The van der Waals surface area contributed by atoms with Crippen molar-refractivity contribution in [2.75, 3.05) is 39.9 Å². The number of ether oxygens (including phenoxy) is 1. The summed E-state index contributed by atoms with van der Waals surface area (Å²) in [5, 5.41) is 11.6. The number of hydrogen-bond acceptors (Lipinski definition) is 4. The Balaban J connectivity index is 0.00000280. The first-order chi connectivity index (χ1) is 13.1. The number of hydrogen-bond donors (Lipinski definition) is 2. The Labute approximate surface area is 186 Å². The predicted molar refractivity (Wildman–Crippen MR) is 125 cm³/mol. The summed E-state index contributed by atoms with van der Waals surface area (Å²) in [6.45, 7) is 9.66. The minimum atomic E-state index is 0. The van der Waals surface area contributed by atoms with Crippen molar-refractivity contribution in [3.05, 3.63) is 17.0 Å². The van der Waals surface area contributed by atoms with Gasteiger partial charge in [0.2, 0.25) is 0 Å². The smallest absolute Gasteiger partial charge is 0.191 e. The van der Waals surface area contributed by atoms with Crippen LogP contribution in [-0.2, 0) is 18.3 Å². The quantitative estimate of drug-likeness (QED) is 0.366. The third kappa shape index (κ3) is 5.38. The van der Waals surface area contributed by atoms with E-state index in [-0.39, 0.29) is 29.5 Å². The molecule has 28 heavy (non-hydrogen) atoms. The van der Waals surface area contributed by atoms with E-state index in [1.807, 2.05) is 18.8 Å². The van der Waals surface area contributed by atoms with Gasteiger partial charge in [0.1, 0.15) is 0 Å². The summed E-state index contributed by atoms with van der Waals surface area (Å²) in [4.78, 5) is 7.11. The maximum absolute atomic E-state index is 5.59. The minimum absolute atomic E-state index is 0. The van der Waals surface area contributed by atoms with Crippen LogP contribution in [0.5, 0.6) is 0 Å². The lowest BCUT2D eigenvalue weighted by molar-refractivity contribution is -0.0352. The lowest BCUT2D eigenvalue weighted by Gasteiger charge is -2.48. The Hall–Kier alpha value is -0.870. The van der Waals surface area contributed by atoms with Crippen molar-refractivity contribution < 1.29 is 4.74 Å². The second-order valence-electron chi connectivity index (χ2n) is 7.94. The summed E-state index contributed by atoms with van der Waals surface area (Å²) < 4.78 is 7.53. The molecule has 0 amide bonds. The molecule has 8 heteroatoms. The maximum atomic E-state index is 5.59. The van der Waals surface area contributed by atoms with Gasteiger partial charge in [-0.1, -0.05) is 19.3 Å². The number of halogens is 1. The molecule has 0 spiro atoms. The normalized spacial score (nSPS) is 20.5. The van der Waals surface area contributed by atoms with Gasteiger partial charge in [0.05, 0.1) is 18.9 Å². The molecule has 160 valence electrons. The largest absolute Gasteiger partial charge is 0.379 e. The zero-order chi connectivity index (χ0) is 19.3. The lowest BCUT2D eigenvalue weighted by Crippen LogP contribution is -2.60. The van der Waals surface area contributed by atoms with E-state index in [2.05, 4.69) is 39.5 Å². The standard InChI is InChI=1S/C20H36N6O.HI/c1-16-18(17(2)25(4)24-16)14-22-19(21-3)23-15-20(8-6-5-7-9-20)26-10-12-27-13-11-26;/h5-15H2,1-4H3,(H2,21,22,23);1H. The van der Waals surface area contributed by atoms with E-state index in [0.717, 1.165) is 51.0 Å². The molecule has 3 rings (SSSR count). The zero-order valence-corrected chi connectivity index (χ0v) is 20.2. The fraction of sp³-hybridized carbons (Fsp3) is 0.800. The molecule has 0 aromatic carbocycles. The van der Waals surface area contributed by atoms with E-state index in [1.165, 1.54) is 43.4 Å². The topological polar surface area (TPSA) is 66.7 Å². The Kier molecular flexibility index (Phi) is 9.01. The molecule has 0 atom stereocenters. The van der Waals surface area contributed by atoms with Crippen molar-refractivity contribution in [2.45, 2.75) is 58.0 Å². The molecule has 0 unspecified atom stereocenters. The van der Waals surface area contributed by atoms with Crippen LogP contribution in [0.1, 0.15) is 49.1 Å². The van der Waals surface area contributed by atoms with Crippen molar-refractivity contribution in [2.24, 2.45) is 12.0 Å². The molecular weight excluding hydrogens is 467 g/mol. The molecule has 2 fully saturated rings. The van der Waals surface area contributed by atoms with Crippen molar-refractivity contribution in [1.82, 2.24) is 25.3 Å². The Morgan fingerprint density at radius 3 is 2.39 bits per heavy atom. The Bertz CT molecular complexity index is 647. The highest BCUT2D eigenvalue weighted by atomic mass is 127. The van der Waals surface area contributed by atoms with Crippen molar-refractivity contribution >= 4 is 29.9 Å². The van der Waals surface area contributed by atoms with E-state index in [0.29, 0.717) is 0 Å². The number of morpholine rings is 1. The van der Waals surface area contributed by atoms with Gasteiger partial charge in [-0.2, -0.15) is 5.10 Å². The Morgan fingerprint density at radius 1 is 1.14 bits per heavy atom. The first kappa shape index (κ1) is 23.4. The average molecular weight is 504 g/mol. The first-order valence-corrected chi connectivity index (χ1v) is 10.3. The van der Waals surface area contributed by atoms with Crippen LogP contribution < -0.4 is 10.6 Å². The van der Waals surface area contributed by atoms with Gasteiger partial charge in [-0.25, -0.2) is 0 Å². The second-order valence-corrected chi connectivity index (χ2v) is 7.94.